The molecule has 0 aliphatic carbocycles. The number of nitrogens with one attached hydrogen (secondary N) is 1. The summed E-state index contributed by atoms with van der Waals surface area (Å²) in [4.78, 5) is 11.4. The molecule has 0 saturated heterocycles. The lowest BCUT2D eigenvalue weighted by atomic mass is 10.1. The number of aliphatic hydroxyl groups is 1. The molecular weight excluding hydrogens is 259 g/mol. The molecule has 1 aromatic rings. The van der Waals surface area contributed by atoms with Crippen molar-refractivity contribution in [2.24, 2.45) is 0 Å². The van der Waals surface area contributed by atoms with Gasteiger partial charge in [0.15, 0.2) is 0 Å². The summed E-state index contributed by atoms with van der Waals surface area (Å²) < 4.78 is 38.6. The molecular formula is C13H14F3NO2. The zero-order valence-electron chi connectivity index (χ0n) is 10.1. The van der Waals surface area contributed by atoms with Gasteiger partial charge >= 0.3 is 6.18 Å². The Hall–Kier alpha value is -1.82. The largest absolute Gasteiger partial charge is 0.417 e. The van der Waals surface area contributed by atoms with Gasteiger partial charge in [0.25, 0.3) is 0 Å². The van der Waals surface area contributed by atoms with Crippen LogP contribution in [-0.2, 0) is 4.79 Å². The molecule has 0 bridgehead atoms. The van der Waals surface area contributed by atoms with E-state index < -0.39 is 17.7 Å². The second-order valence-corrected chi connectivity index (χ2v) is 3.79. The van der Waals surface area contributed by atoms with Gasteiger partial charge in [-0.3, -0.25) is 4.79 Å². The Morgan fingerprint density at radius 2 is 1.89 bits per heavy atom. The summed E-state index contributed by atoms with van der Waals surface area (Å²) in [5, 5.41) is 10.8. The van der Waals surface area contributed by atoms with E-state index in [0.717, 1.165) is 0 Å². The van der Waals surface area contributed by atoms with Crippen LogP contribution in [0, 0.1) is 0 Å². The highest BCUT2D eigenvalue weighted by atomic mass is 19.4. The molecule has 3 nitrogen and oxygen atoms in total. The highest BCUT2D eigenvalue weighted by Gasteiger charge is 2.35. The van der Waals surface area contributed by atoms with Crippen molar-refractivity contribution >= 4 is 11.5 Å². The van der Waals surface area contributed by atoms with Crippen LogP contribution in [0.4, 0.5) is 13.2 Å². The predicted octanol–water partition coefficient (Wildman–Crippen LogP) is 2.13. The fraction of sp³-hybridized carbons (Fsp3) is 0.308. The van der Waals surface area contributed by atoms with Crippen molar-refractivity contribution in [1.29, 1.82) is 0 Å². The van der Waals surface area contributed by atoms with E-state index in [1.807, 2.05) is 0 Å². The number of rotatable bonds is 5. The molecule has 0 unspecified atom stereocenters. The third-order valence-electron chi connectivity index (χ3n) is 2.30. The van der Waals surface area contributed by atoms with Crippen LogP contribution in [0.15, 0.2) is 36.4 Å². The van der Waals surface area contributed by atoms with E-state index in [9.17, 15) is 18.0 Å². The SMILES string of the molecule is O=C(/C=C(/c1ccccc1)C(F)(F)F)NCCCO. The van der Waals surface area contributed by atoms with Crippen LogP contribution in [0.5, 0.6) is 0 Å². The first-order valence-corrected chi connectivity index (χ1v) is 5.68. The van der Waals surface area contributed by atoms with Crippen LogP contribution < -0.4 is 5.32 Å². The zero-order valence-corrected chi connectivity index (χ0v) is 10.1. The minimum atomic E-state index is -4.60. The molecule has 104 valence electrons. The standard InChI is InChI=1S/C13H14F3NO2/c14-13(15,16)11(10-5-2-1-3-6-10)9-12(19)17-7-4-8-18/h1-3,5-6,9,18H,4,7-8H2,(H,17,19)/b11-9-. The minimum Gasteiger partial charge on any atom is -0.396 e. The maximum absolute atomic E-state index is 12.9. The van der Waals surface area contributed by atoms with Gasteiger partial charge in [0.2, 0.25) is 5.91 Å². The van der Waals surface area contributed by atoms with E-state index in [1.165, 1.54) is 24.3 Å². The Kier molecular flexibility index (Phi) is 5.57. The van der Waals surface area contributed by atoms with Gasteiger partial charge in [-0.05, 0) is 12.0 Å². The second-order valence-electron chi connectivity index (χ2n) is 3.79. The van der Waals surface area contributed by atoms with Gasteiger partial charge in [0.05, 0.1) is 5.57 Å². The molecule has 0 radical (unpaired) electrons. The van der Waals surface area contributed by atoms with E-state index in [4.69, 9.17) is 5.11 Å². The number of carbonyl (C=O) groups excluding carboxylic acids is 1. The lowest BCUT2D eigenvalue weighted by Crippen LogP contribution is -2.24. The van der Waals surface area contributed by atoms with Crippen LogP contribution in [0.25, 0.3) is 5.57 Å². The summed E-state index contributed by atoms with van der Waals surface area (Å²) in [5.74, 6) is -0.829. The maximum Gasteiger partial charge on any atom is 0.417 e. The summed E-state index contributed by atoms with van der Waals surface area (Å²) >= 11 is 0. The molecule has 0 aliphatic heterocycles. The van der Waals surface area contributed by atoms with E-state index >= 15 is 0 Å². The Morgan fingerprint density at radius 1 is 1.26 bits per heavy atom. The molecule has 19 heavy (non-hydrogen) atoms. The lowest BCUT2D eigenvalue weighted by molar-refractivity contribution is -0.117. The summed E-state index contributed by atoms with van der Waals surface area (Å²) in [5.41, 5.74) is -1.05. The molecule has 1 rings (SSSR count). The van der Waals surface area contributed by atoms with Gasteiger partial charge in [-0.25, -0.2) is 0 Å². The molecule has 0 spiro atoms. The molecule has 0 saturated carbocycles. The number of carbonyl (C=O) groups is 1. The first-order valence-electron chi connectivity index (χ1n) is 5.68. The molecule has 0 atom stereocenters. The Morgan fingerprint density at radius 3 is 2.42 bits per heavy atom. The number of hydrogen-bond acceptors (Lipinski definition) is 2. The Labute approximate surface area is 108 Å². The van der Waals surface area contributed by atoms with E-state index in [1.54, 1.807) is 6.07 Å². The number of benzene rings is 1. The van der Waals surface area contributed by atoms with Crippen molar-refractivity contribution in [3.8, 4) is 0 Å². The van der Waals surface area contributed by atoms with Crippen molar-refractivity contribution in [2.75, 3.05) is 13.2 Å². The van der Waals surface area contributed by atoms with Crippen LogP contribution in [0.3, 0.4) is 0 Å². The summed E-state index contributed by atoms with van der Waals surface area (Å²) in [6.45, 7) is 0.000563. The first-order chi connectivity index (χ1) is 8.95. The smallest absolute Gasteiger partial charge is 0.396 e. The van der Waals surface area contributed by atoms with E-state index in [2.05, 4.69) is 5.32 Å². The molecule has 1 aromatic carbocycles. The van der Waals surface area contributed by atoms with E-state index in [0.29, 0.717) is 12.5 Å². The number of aliphatic hydroxyl groups excluding tert-OH is 1. The summed E-state index contributed by atoms with van der Waals surface area (Å²) in [6.07, 6.45) is -3.77. The van der Waals surface area contributed by atoms with E-state index in [-0.39, 0.29) is 18.7 Å². The zero-order chi connectivity index (χ0) is 14.3. The highest BCUT2D eigenvalue weighted by molar-refractivity contribution is 5.96. The highest BCUT2D eigenvalue weighted by Crippen LogP contribution is 2.33. The lowest BCUT2D eigenvalue weighted by Gasteiger charge is -2.12. The van der Waals surface area contributed by atoms with Crippen molar-refractivity contribution in [2.45, 2.75) is 12.6 Å². The van der Waals surface area contributed by atoms with Crippen molar-refractivity contribution < 1.29 is 23.1 Å². The third-order valence-corrected chi connectivity index (χ3v) is 2.30. The number of amides is 1. The molecule has 0 aromatic heterocycles. The van der Waals surface area contributed by atoms with Gasteiger partial charge in [-0.15, -0.1) is 0 Å². The van der Waals surface area contributed by atoms with Crippen molar-refractivity contribution in [3.63, 3.8) is 0 Å². The quantitative estimate of drug-likeness (QED) is 0.638. The number of alkyl halides is 3. The van der Waals surface area contributed by atoms with Gasteiger partial charge < -0.3 is 10.4 Å². The summed E-state index contributed by atoms with van der Waals surface area (Å²) in [7, 11) is 0. The number of hydrogen-bond donors (Lipinski definition) is 2. The van der Waals surface area contributed by atoms with Gasteiger partial charge in [0, 0.05) is 19.2 Å². The fourth-order valence-corrected chi connectivity index (χ4v) is 1.42. The second kappa shape index (κ2) is 6.94. The minimum absolute atomic E-state index is 0.0627. The first kappa shape index (κ1) is 15.2. The average Bonchev–Trinajstić information content (AvgIpc) is 2.36. The molecule has 1 amide bonds. The van der Waals surface area contributed by atoms with Gasteiger partial charge in [-0.2, -0.15) is 13.2 Å². The van der Waals surface area contributed by atoms with Crippen LogP contribution in [-0.4, -0.2) is 30.3 Å². The molecule has 0 heterocycles. The van der Waals surface area contributed by atoms with Crippen molar-refractivity contribution in [3.05, 3.63) is 42.0 Å². The maximum atomic E-state index is 12.9. The van der Waals surface area contributed by atoms with Gasteiger partial charge in [0.1, 0.15) is 0 Å². The summed E-state index contributed by atoms with van der Waals surface area (Å²) in [6, 6.07) is 7.12. The number of halogens is 3. The molecule has 0 fully saturated rings. The third kappa shape index (κ3) is 5.13. The molecule has 6 heteroatoms. The normalized spacial score (nSPS) is 12.3. The monoisotopic (exact) mass is 273 g/mol. The Balaban J connectivity index is 2.90. The molecule has 2 N–H and O–H groups in total. The van der Waals surface area contributed by atoms with Crippen LogP contribution in [0.1, 0.15) is 12.0 Å². The predicted molar refractivity (Wildman–Crippen MR) is 65.2 cm³/mol. The Bertz CT molecular complexity index is 441. The molecule has 0 aliphatic rings. The fourth-order valence-electron chi connectivity index (χ4n) is 1.42. The average molecular weight is 273 g/mol. The van der Waals surface area contributed by atoms with Crippen molar-refractivity contribution in [1.82, 2.24) is 5.32 Å². The van der Waals surface area contributed by atoms with Gasteiger partial charge in [-0.1, -0.05) is 30.3 Å². The number of allylic oxidation sites excluding steroid dienone is 1. The topological polar surface area (TPSA) is 49.3 Å². The van der Waals surface area contributed by atoms with Crippen LogP contribution in [0.2, 0.25) is 0 Å². The van der Waals surface area contributed by atoms with Crippen LogP contribution >= 0.6 is 0 Å².